The van der Waals surface area contributed by atoms with E-state index in [-0.39, 0.29) is 18.3 Å². The molecule has 4 rings (SSSR count). The Morgan fingerprint density at radius 2 is 1.66 bits per heavy atom. The van der Waals surface area contributed by atoms with E-state index in [9.17, 15) is 9.59 Å². The Kier molecular flexibility index (Phi) is 5.31. The Morgan fingerprint density at radius 1 is 0.931 bits per heavy atom. The van der Waals surface area contributed by atoms with Crippen molar-refractivity contribution >= 4 is 40.1 Å². The van der Waals surface area contributed by atoms with Crippen LogP contribution < -0.4 is 10.1 Å². The molecule has 5 nitrogen and oxygen atoms in total. The number of carbonyl (C=O) groups is 2. The van der Waals surface area contributed by atoms with Gasteiger partial charge in [-0.3, -0.25) is 9.59 Å². The number of rotatable bonds is 5. The van der Waals surface area contributed by atoms with E-state index in [0.717, 1.165) is 16.5 Å². The van der Waals surface area contributed by atoms with Crippen LogP contribution in [0.3, 0.4) is 0 Å². The lowest BCUT2D eigenvalue weighted by molar-refractivity contribution is -0.133. The topological polar surface area (TPSA) is 71.2 Å². The molecule has 0 bridgehead atoms. The fraction of sp³-hybridized carbons (Fsp3) is 0.0435. The number of halogens is 1. The predicted octanol–water partition coefficient (Wildman–Crippen LogP) is 5.22. The summed E-state index contributed by atoms with van der Waals surface area (Å²) in [5.41, 5.74) is 2.97. The van der Waals surface area contributed by atoms with E-state index in [0.29, 0.717) is 22.0 Å². The molecule has 0 unspecified atom stereocenters. The summed E-state index contributed by atoms with van der Waals surface area (Å²) in [5, 5.41) is 4.36. The van der Waals surface area contributed by atoms with E-state index in [1.165, 1.54) is 0 Å². The molecule has 0 spiro atoms. The number of carbonyl (C=O) groups excluding carboxylic acids is 2. The van der Waals surface area contributed by atoms with Crippen LogP contribution in [-0.2, 0) is 11.2 Å². The highest BCUT2D eigenvalue weighted by molar-refractivity contribution is 6.30. The van der Waals surface area contributed by atoms with E-state index >= 15 is 0 Å². The van der Waals surface area contributed by atoms with Crippen LogP contribution in [0.25, 0.3) is 10.9 Å². The molecule has 0 aliphatic rings. The third kappa shape index (κ3) is 4.47. The molecule has 0 atom stereocenters. The molecule has 29 heavy (non-hydrogen) atoms. The quantitative estimate of drug-likeness (QED) is 0.354. The third-order valence-corrected chi connectivity index (χ3v) is 4.71. The van der Waals surface area contributed by atoms with Gasteiger partial charge in [-0.25, -0.2) is 0 Å². The molecule has 0 aliphatic carbocycles. The first-order chi connectivity index (χ1) is 14.1. The summed E-state index contributed by atoms with van der Waals surface area (Å²) < 4.78 is 5.41. The van der Waals surface area contributed by atoms with E-state index in [2.05, 4.69) is 10.3 Å². The van der Waals surface area contributed by atoms with Crippen LogP contribution in [0.2, 0.25) is 5.02 Å². The fourth-order valence-electron chi connectivity index (χ4n) is 3.01. The molecule has 0 fully saturated rings. The van der Waals surface area contributed by atoms with Crippen molar-refractivity contribution in [2.45, 2.75) is 6.42 Å². The van der Waals surface area contributed by atoms with Crippen molar-refractivity contribution in [3.8, 4) is 5.75 Å². The van der Waals surface area contributed by atoms with Gasteiger partial charge in [-0.2, -0.15) is 0 Å². The first-order valence-corrected chi connectivity index (χ1v) is 9.39. The largest absolute Gasteiger partial charge is 0.426 e. The number of aromatic nitrogens is 1. The van der Waals surface area contributed by atoms with Crippen LogP contribution in [-0.4, -0.2) is 16.9 Å². The van der Waals surface area contributed by atoms with Crippen molar-refractivity contribution in [3.63, 3.8) is 0 Å². The summed E-state index contributed by atoms with van der Waals surface area (Å²) in [6.45, 7) is 0. The lowest BCUT2D eigenvalue weighted by Crippen LogP contribution is -2.12. The maximum Gasteiger partial charge on any atom is 0.315 e. The van der Waals surface area contributed by atoms with Crippen LogP contribution >= 0.6 is 11.6 Å². The SMILES string of the molecule is O=C(Cc1c[nH]c2ccccc12)Oc1ccc(NC(=O)c2ccc(Cl)cc2)cc1. The molecule has 0 saturated heterocycles. The van der Waals surface area contributed by atoms with Crippen LogP contribution in [0.5, 0.6) is 5.75 Å². The minimum atomic E-state index is -0.354. The average molecular weight is 405 g/mol. The second-order valence-corrected chi connectivity index (χ2v) is 6.93. The minimum absolute atomic E-state index is 0.166. The Balaban J connectivity index is 1.37. The molecule has 1 amide bonds. The summed E-state index contributed by atoms with van der Waals surface area (Å²) in [5.74, 6) is -0.183. The van der Waals surface area contributed by atoms with Crippen LogP contribution in [0.15, 0.2) is 79.0 Å². The Morgan fingerprint density at radius 3 is 2.41 bits per heavy atom. The zero-order chi connectivity index (χ0) is 20.2. The molecule has 0 saturated carbocycles. The fourth-order valence-corrected chi connectivity index (χ4v) is 3.14. The standard InChI is InChI=1S/C23H17ClN2O3/c24-17-7-5-15(6-8-17)23(28)26-18-9-11-19(12-10-18)29-22(27)13-16-14-25-21-4-2-1-3-20(16)21/h1-12,14,25H,13H2,(H,26,28). The lowest BCUT2D eigenvalue weighted by Gasteiger charge is -2.07. The molecule has 144 valence electrons. The number of benzene rings is 3. The normalized spacial score (nSPS) is 10.7. The highest BCUT2D eigenvalue weighted by Gasteiger charge is 2.11. The molecule has 1 heterocycles. The average Bonchev–Trinajstić information content (AvgIpc) is 3.13. The molecular weight excluding hydrogens is 388 g/mol. The van der Waals surface area contributed by atoms with Gasteiger partial charge in [0.25, 0.3) is 5.91 Å². The summed E-state index contributed by atoms with van der Waals surface area (Å²) in [4.78, 5) is 27.7. The van der Waals surface area contributed by atoms with Crippen LogP contribution in [0.4, 0.5) is 5.69 Å². The highest BCUT2D eigenvalue weighted by Crippen LogP contribution is 2.21. The van der Waals surface area contributed by atoms with Crippen molar-refractivity contribution in [2.75, 3.05) is 5.32 Å². The molecule has 4 aromatic rings. The monoisotopic (exact) mass is 404 g/mol. The van der Waals surface area contributed by atoms with Crippen molar-refractivity contribution in [1.29, 1.82) is 0 Å². The maximum atomic E-state index is 12.3. The van der Waals surface area contributed by atoms with Gasteiger partial charge < -0.3 is 15.0 Å². The number of hydrogen-bond acceptors (Lipinski definition) is 3. The van der Waals surface area contributed by atoms with Crippen molar-refractivity contribution in [2.24, 2.45) is 0 Å². The van der Waals surface area contributed by atoms with E-state index in [1.54, 1.807) is 48.5 Å². The molecule has 3 aromatic carbocycles. The number of fused-ring (bicyclic) bond motifs is 1. The number of esters is 1. The number of aromatic amines is 1. The Labute approximate surface area is 172 Å². The van der Waals surface area contributed by atoms with E-state index in [4.69, 9.17) is 16.3 Å². The number of para-hydroxylation sites is 1. The Hall–Kier alpha value is -3.57. The zero-order valence-electron chi connectivity index (χ0n) is 15.3. The smallest absolute Gasteiger partial charge is 0.315 e. The van der Waals surface area contributed by atoms with Crippen molar-refractivity contribution < 1.29 is 14.3 Å². The third-order valence-electron chi connectivity index (χ3n) is 4.46. The van der Waals surface area contributed by atoms with Gasteiger partial charge in [-0.15, -0.1) is 0 Å². The number of anilines is 1. The molecule has 2 N–H and O–H groups in total. The van der Waals surface area contributed by atoms with Gasteiger partial charge in [-0.1, -0.05) is 29.8 Å². The van der Waals surface area contributed by atoms with Crippen molar-refractivity contribution in [1.82, 2.24) is 4.98 Å². The molecule has 0 aliphatic heterocycles. The van der Waals surface area contributed by atoms with Crippen LogP contribution in [0, 0.1) is 0 Å². The molecular formula is C23H17ClN2O3. The number of amides is 1. The molecule has 6 heteroatoms. The summed E-state index contributed by atoms with van der Waals surface area (Å²) in [6.07, 6.45) is 1.99. The first-order valence-electron chi connectivity index (χ1n) is 9.01. The van der Waals surface area contributed by atoms with Crippen molar-refractivity contribution in [3.05, 3.63) is 95.1 Å². The van der Waals surface area contributed by atoms with E-state index < -0.39 is 0 Å². The van der Waals surface area contributed by atoms with E-state index in [1.807, 2.05) is 30.5 Å². The summed E-state index contributed by atoms with van der Waals surface area (Å²) in [7, 11) is 0. The number of ether oxygens (including phenoxy) is 1. The lowest BCUT2D eigenvalue weighted by atomic mass is 10.1. The van der Waals surface area contributed by atoms with Gasteiger partial charge in [0.05, 0.1) is 6.42 Å². The highest BCUT2D eigenvalue weighted by atomic mass is 35.5. The summed E-state index contributed by atoms with van der Waals surface area (Å²) >= 11 is 5.83. The predicted molar refractivity (Wildman–Crippen MR) is 113 cm³/mol. The van der Waals surface area contributed by atoms with Crippen LogP contribution in [0.1, 0.15) is 15.9 Å². The number of hydrogen-bond donors (Lipinski definition) is 2. The zero-order valence-corrected chi connectivity index (χ0v) is 16.1. The minimum Gasteiger partial charge on any atom is -0.426 e. The second kappa shape index (κ2) is 8.20. The maximum absolute atomic E-state index is 12.3. The van der Waals surface area contributed by atoms with Gasteiger partial charge in [0.15, 0.2) is 0 Å². The van der Waals surface area contributed by atoms with Gasteiger partial charge in [0, 0.05) is 33.4 Å². The molecule has 1 aromatic heterocycles. The number of H-pyrrole nitrogens is 1. The first kappa shape index (κ1) is 18.8. The van der Waals surface area contributed by atoms with Gasteiger partial charge in [-0.05, 0) is 60.2 Å². The summed E-state index contributed by atoms with van der Waals surface area (Å²) in [6, 6.07) is 21.1. The van der Waals surface area contributed by atoms with Gasteiger partial charge in [0.2, 0.25) is 0 Å². The van der Waals surface area contributed by atoms with Gasteiger partial charge in [0.1, 0.15) is 5.75 Å². The van der Waals surface area contributed by atoms with Gasteiger partial charge >= 0.3 is 5.97 Å². The molecule has 0 radical (unpaired) electrons. The number of nitrogens with one attached hydrogen (secondary N) is 2. The second-order valence-electron chi connectivity index (χ2n) is 6.50. The Bertz CT molecular complexity index is 1160.